The van der Waals surface area contributed by atoms with Crippen molar-refractivity contribution in [2.75, 3.05) is 32.1 Å². The fourth-order valence-electron chi connectivity index (χ4n) is 3.14. The molecule has 1 N–H and O–H groups in total. The van der Waals surface area contributed by atoms with E-state index in [1.54, 1.807) is 4.31 Å². The molecular formula is C13H26N2O3S. The lowest BCUT2D eigenvalue weighted by molar-refractivity contribution is 0.159. The van der Waals surface area contributed by atoms with Gasteiger partial charge in [-0.05, 0) is 39.2 Å². The van der Waals surface area contributed by atoms with Crippen LogP contribution in [-0.2, 0) is 14.8 Å². The van der Waals surface area contributed by atoms with Crippen LogP contribution in [0.1, 0.15) is 39.0 Å². The van der Waals surface area contributed by atoms with Gasteiger partial charge < -0.3 is 10.1 Å². The number of rotatable bonds is 6. The van der Waals surface area contributed by atoms with Crippen molar-refractivity contribution in [1.29, 1.82) is 0 Å². The minimum absolute atomic E-state index is 0.115. The van der Waals surface area contributed by atoms with Crippen molar-refractivity contribution in [3.8, 4) is 0 Å². The number of nitrogens with one attached hydrogen (secondary N) is 1. The molecule has 2 atom stereocenters. The standard InChI is InChI=1S/C13H26N2O3S/c1-2-18-10-11-19(16,17)15-9-4-3-7-13(15)12-6-5-8-14-12/h12-14H,2-11H2,1H3. The van der Waals surface area contributed by atoms with Crippen LogP contribution in [0.4, 0.5) is 0 Å². The summed E-state index contributed by atoms with van der Waals surface area (Å²) in [5.74, 6) is 0.115. The van der Waals surface area contributed by atoms with Crippen LogP contribution in [0.15, 0.2) is 0 Å². The number of sulfonamides is 1. The predicted octanol–water partition coefficient (Wildman–Crippen LogP) is 0.959. The van der Waals surface area contributed by atoms with Crippen LogP contribution in [0.25, 0.3) is 0 Å². The molecule has 112 valence electrons. The van der Waals surface area contributed by atoms with E-state index in [4.69, 9.17) is 4.74 Å². The molecule has 2 fully saturated rings. The van der Waals surface area contributed by atoms with Crippen LogP contribution >= 0.6 is 0 Å². The summed E-state index contributed by atoms with van der Waals surface area (Å²) in [5.41, 5.74) is 0. The monoisotopic (exact) mass is 290 g/mol. The molecule has 5 nitrogen and oxygen atoms in total. The Morgan fingerprint density at radius 1 is 1.26 bits per heavy atom. The van der Waals surface area contributed by atoms with Crippen LogP contribution in [0.5, 0.6) is 0 Å². The van der Waals surface area contributed by atoms with Crippen LogP contribution in [-0.4, -0.2) is 56.9 Å². The summed E-state index contributed by atoms with van der Waals surface area (Å²) in [7, 11) is -3.17. The van der Waals surface area contributed by atoms with Crippen molar-refractivity contribution >= 4 is 10.0 Å². The number of nitrogens with zero attached hydrogens (tertiary/aromatic N) is 1. The van der Waals surface area contributed by atoms with E-state index >= 15 is 0 Å². The molecule has 2 unspecified atom stereocenters. The van der Waals surface area contributed by atoms with Gasteiger partial charge in [-0.2, -0.15) is 4.31 Å². The molecule has 0 bridgehead atoms. The highest BCUT2D eigenvalue weighted by molar-refractivity contribution is 7.89. The van der Waals surface area contributed by atoms with Crippen LogP contribution in [0, 0.1) is 0 Å². The maximum absolute atomic E-state index is 12.4. The lowest BCUT2D eigenvalue weighted by atomic mass is 9.97. The van der Waals surface area contributed by atoms with E-state index in [2.05, 4.69) is 5.32 Å². The Morgan fingerprint density at radius 2 is 2.11 bits per heavy atom. The van der Waals surface area contributed by atoms with E-state index in [0.717, 1.165) is 38.6 Å². The predicted molar refractivity (Wildman–Crippen MR) is 75.6 cm³/mol. The SMILES string of the molecule is CCOCCS(=O)(=O)N1CCCCC1C1CCCN1. The van der Waals surface area contributed by atoms with Crippen LogP contribution < -0.4 is 5.32 Å². The second-order valence-electron chi connectivity index (χ2n) is 5.39. The van der Waals surface area contributed by atoms with Gasteiger partial charge in [0.25, 0.3) is 0 Å². The first-order chi connectivity index (χ1) is 9.15. The highest BCUT2D eigenvalue weighted by atomic mass is 32.2. The molecule has 2 saturated heterocycles. The van der Waals surface area contributed by atoms with Crippen LogP contribution in [0.3, 0.4) is 0 Å². The summed E-state index contributed by atoms with van der Waals surface area (Å²) >= 11 is 0. The third-order valence-electron chi connectivity index (χ3n) is 4.11. The minimum atomic E-state index is -3.17. The first-order valence-electron chi connectivity index (χ1n) is 7.46. The third-order valence-corrected chi connectivity index (χ3v) is 5.96. The number of ether oxygens (including phenoxy) is 1. The molecule has 0 aliphatic carbocycles. The zero-order chi connectivity index (χ0) is 13.7. The molecule has 0 aromatic heterocycles. The summed E-state index contributed by atoms with van der Waals surface area (Å²) < 4.78 is 31.8. The van der Waals surface area contributed by atoms with Gasteiger partial charge in [0.05, 0.1) is 12.4 Å². The molecule has 2 heterocycles. The molecular weight excluding hydrogens is 264 g/mol. The van der Waals surface area contributed by atoms with Crippen molar-refractivity contribution in [3.63, 3.8) is 0 Å². The van der Waals surface area contributed by atoms with Crippen molar-refractivity contribution in [3.05, 3.63) is 0 Å². The largest absolute Gasteiger partial charge is 0.381 e. The Kier molecular flexibility index (Phi) is 5.62. The molecule has 6 heteroatoms. The number of hydrogen-bond donors (Lipinski definition) is 1. The first kappa shape index (κ1) is 15.2. The van der Waals surface area contributed by atoms with Crippen molar-refractivity contribution in [1.82, 2.24) is 9.62 Å². The van der Waals surface area contributed by atoms with Gasteiger partial charge in [0, 0.05) is 25.2 Å². The first-order valence-corrected chi connectivity index (χ1v) is 9.06. The number of hydrogen-bond acceptors (Lipinski definition) is 4. The molecule has 2 rings (SSSR count). The summed E-state index contributed by atoms with van der Waals surface area (Å²) in [6.45, 7) is 4.47. The summed E-state index contributed by atoms with van der Waals surface area (Å²) in [4.78, 5) is 0. The van der Waals surface area contributed by atoms with E-state index in [1.807, 2.05) is 6.92 Å². The smallest absolute Gasteiger partial charge is 0.216 e. The lowest BCUT2D eigenvalue weighted by Crippen LogP contribution is -2.53. The zero-order valence-corrected chi connectivity index (χ0v) is 12.6. The molecule has 19 heavy (non-hydrogen) atoms. The second-order valence-corrected chi connectivity index (χ2v) is 7.43. The van der Waals surface area contributed by atoms with Crippen molar-refractivity contribution < 1.29 is 13.2 Å². The van der Waals surface area contributed by atoms with Crippen molar-refractivity contribution in [2.24, 2.45) is 0 Å². The molecule has 0 saturated carbocycles. The molecule has 0 aromatic rings. The van der Waals surface area contributed by atoms with Crippen LogP contribution in [0.2, 0.25) is 0 Å². The highest BCUT2D eigenvalue weighted by Gasteiger charge is 2.37. The average molecular weight is 290 g/mol. The Hall–Kier alpha value is -0.170. The minimum Gasteiger partial charge on any atom is -0.381 e. The summed E-state index contributed by atoms with van der Waals surface area (Å²) in [5, 5.41) is 3.46. The van der Waals surface area contributed by atoms with Gasteiger partial charge in [-0.25, -0.2) is 8.42 Å². The van der Waals surface area contributed by atoms with E-state index in [9.17, 15) is 8.42 Å². The van der Waals surface area contributed by atoms with Gasteiger partial charge >= 0.3 is 0 Å². The fourth-order valence-corrected chi connectivity index (χ4v) is 4.78. The summed E-state index contributed by atoms with van der Waals surface area (Å²) in [6.07, 6.45) is 5.37. The van der Waals surface area contributed by atoms with Gasteiger partial charge in [-0.1, -0.05) is 6.42 Å². The Morgan fingerprint density at radius 3 is 2.79 bits per heavy atom. The molecule has 2 aliphatic heterocycles. The Bertz CT molecular complexity index is 366. The van der Waals surface area contributed by atoms with Crippen molar-refractivity contribution in [2.45, 2.75) is 51.1 Å². The molecule has 0 amide bonds. The number of piperidine rings is 1. The third kappa shape index (κ3) is 3.90. The van der Waals surface area contributed by atoms with Gasteiger partial charge in [0.1, 0.15) is 0 Å². The maximum Gasteiger partial charge on any atom is 0.216 e. The van der Waals surface area contributed by atoms with Gasteiger partial charge in [0.15, 0.2) is 0 Å². The molecule has 0 radical (unpaired) electrons. The van der Waals surface area contributed by atoms with E-state index < -0.39 is 10.0 Å². The maximum atomic E-state index is 12.4. The molecule has 0 spiro atoms. The molecule has 2 aliphatic rings. The van der Waals surface area contributed by atoms with Gasteiger partial charge in [-0.15, -0.1) is 0 Å². The van der Waals surface area contributed by atoms with Gasteiger partial charge in [0.2, 0.25) is 10.0 Å². The fraction of sp³-hybridized carbons (Fsp3) is 1.00. The van der Waals surface area contributed by atoms with E-state index in [1.165, 1.54) is 0 Å². The van der Waals surface area contributed by atoms with E-state index in [0.29, 0.717) is 25.8 Å². The second kappa shape index (κ2) is 7.02. The highest BCUT2D eigenvalue weighted by Crippen LogP contribution is 2.26. The zero-order valence-electron chi connectivity index (χ0n) is 11.8. The van der Waals surface area contributed by atoms with Gasteiger partial charge in [-0.3, -0.25) is 0 Å². The lowest BCUT2D eigenvalue weighted by Gasteiger charge is -2.38. The average Bonchev–Trinajstić information content (AvgIpc) is 2.93. The Labute approximate surface area is 116 Å². The van der Waals surface area contributed by atoms with E-state index in [-0.39, 0.29) is 11.8 Å². The molecule has 0 aromatic carbocycles. The quantitative estimate of drug-likeness (QED) is 0.740. The Balaban J connectivity index is 2.01. The topological polar surface area (TPSA) is 58.6 Å². The normalized spacial score (nSPS) is 29.7. The summed E-state index contributed by atoms with van der Waals surface area (Å²) in [6, 6.07) is 0.505.